The highest BCUT2D eigenvalue weighted by atomic mass is 19.3. The van der Waals surface area contributed by atoms with Gasteiger partial charge in [-0.05, 0) is 25.1 Å². The van der Waals surface area contributed by atoms with E-state index in [1.165, 1.54) is 12.1 Å². The smallest absolute Gasteiger partial charge is 0.395 e. The molecule has 2 aliphatic rings. The lowest BCUT2D eigenvalue weighted by molar-refractivity contribution is -0.286. The zero-order chi connectivity index (χ0) is 14.3. The molecule has 1 fully saturated rings. The molecule has 0 radical (unpaired) electrons. The third-order valence-corrected chi connectivity index (χ3v) is 3.35. The standard InChI is InChI=1S/C13H14F2N2O3/c1-2-16-9-5-6-17(12(9)18)8-3-4-10-11(7-8)20-13(14,15)19-10/h3-4,7,9,16H,2,5-6H2,1H3. The third kappa shape index (κ3) is 2.18. The molecule has 3 rings (SSSR count). The maximum atomic E-state index is 13.0. The van der Waals surface area contributed by atoms with E-state index in [-0.39, 0.29) is 23.4 Å². The second-order valence-corrected chi connectivity index (χ2v) is 4.69. The van der Waals surface area contributed by atoms with Crippen LogP contribution in [-0.2, 0) is 4.79 Å². The van der Waals surface area contributed by atoms with Gasteiger partial charge in [-0.2, -0.15) is 0 Å². The molecule has 0 aliphatic carbocycles. The summed E-state index contributed by atoms with van der Waals surface area (Å²) in [6, 6.07) is 4.16. The Balaban J connectivity index is 1.82. The van der Waals surface area contributed by atoms with Crippen molar-refractivity contribution >= 4 is 11.6 Å². The van der Waals surface area contributed by atoms with Crippen molar-refractivity contribution < 1.29 is 23.0 Å². The number of alkyl halides is 2. The Hall–Kier alpha value is -1.89. The van der Waals surface area contributed by atoms with Crippen molar-refractivity contribution in [3.8, 4) is 11.5 Å². The van der Waals surface area contributed by atoms with Crippen molar-refractivity contribution in [2.24, 2.45) is 0 Å². The Labute approximate surface area is 114 Å². The Morgan fingerprint density at radius 1 is 1.40 bits per heavy atom. The van der Waals surface area contributed by atoms with Gasteiger partial charge in [0.2, 0.25) is 5.91 Å². The normalized spacial score (nSPS) is 23.4. The fraction of sp³-hybridized carbons (Fsp3) is 0.462. The van der Waals surface area contributed by atoms with E-state index in [2.05, 4.69) is 14.8 Å². The predicted molar refractivity (Wildman–Crippen MR) is 67.1 cm³/mol. The monoisotopic (exact) mass is 284 g/mol. The first-order valence-corrected chi connectivity index (χ1v) is 6.45. The Kier molecular flexibility index (Phi) is 3.01. The molecular weight excluding hydrogens is 270 g/mol. The lowest BCUT2D eigenvalue weighted by Crippen LogP contribution is -2.38. The molecule has 20 heavy (non-hydrogen) atoms. The van der Waals surface area contributed by atoms with Gasteiger partial charge >= 0.3 is 6.29 Å². The Morgan fingerprint density at radius 2 is 2.15 bits per heavy atom. The number of rotatable bonds is 3. The molecule has 1 saturated heterocycles. The summed E-state index contributed by atoms with van der Waals surface area (Å²) in [4.78, 5) is 13.7. The molecule has 1 unspecified atom stereocenters. The molecule has 2 aliphatic heterocycles. The van der Waals surface area contributed by atoms with Gasteiger partial charge < -0.3 is 19.7 Å². The van der Waals surface area contributed by atoms with Crippen LogP contribution < -0.4 is 19.7 Å². The lowest BCUT2D eigenvalue weighted by atomic mass is 10.2. The summed E-state index contributed by atoms with van der Waals surface area (Å²) < 4.78 is 34.6. The van der Waals surface area contributed by atoms with Crippen LogP contribution in [0.1, 0.15) is 13.3 Å². The number of hydrogen-bond acceptors (Lipinski definition) is 4. The van der Waals surface area contributed by atoms with Gasteiger partial charge in [0.05, 0.1) is 6.04 Å². The number of fused-ring (bicyclic) bond motifs is 1. The van der Waals surface area contributed by atoms with Crippen molar-refractivity contribution in [1.29, 1.82) is 0 Å². The summed E-state index contributed by atoms with van der Waals surface area (Å²) in [5.41, 5.74) is 0.537. The molecule has 0 spiro atoms. The quantitative estimate of drug-likeness (QED) is 0.918. The number of amides is 1. The van der Waals surface area contributed by atoms with Gasteiger partial charge in [-0.25, -0.2) is 0 Å². The van der Waals surface area contributed by atoms with Crippen molar-refractivity contribution in [2.45, 2.75) is 25.7 Å². The van der Waals surface area contributed by atoms with E-state index >= 15 is 0 Å². The molecule has 108 valence electrons. The highest BCUT2D eigenvalue weighted by Crippen LogP contribution is 2.43. The van der Waals surface area contributed by atoms with E-state index < -0.39 is 6.29 Å². The molecular formula is C13H14F2N2O3. The number of nitrogens with one attached hydrogen (secondary N) is 1. The van der Waals surface area contributed by atoms with Crippen LogP contribution in [0.5, 0.6) is 11.5 Å². The average Bonchev–Trinajstić information content (AvgIpc) is 2.88. The van der Waals surface area contributed by atoms with Gasteiger partial charge in [-0.15, -0.1) is 8.78 Å². The summed E-state index contributed by atoms with van der Waals surface area (Å²) in [7, 11) is 0. The van der Waals surface area contributed by atoms with Crippen LogP contribution in [0.15, 0.2) is 18.2 Å². The number of anilines is 1. The summed E-state index contributed by atoms with van der Waals surface area (Å²) in [5, 5.41) is 3.09. The zero-order valence-electron chi connectivity index (χ0n) is 10.9. The number of nitrogens with zero attached hydrogens (tertiary/aromatic N) is 1. The van der Waals surface area contributed by atoms with Crippen molar-refractivity contribution in [1.82, 2.24) is 5.32 Å². The summed E-state index contributed by atoms with van der Waals surface area (Å²) >= 11 is 0. The van der Waals surface area contributed by atoms with Gasteiger partial charge in [-0.3, -0.25) is 4.79 Å². The second kappa shape index (κ2) is 4.59. The topological polar surface area (TPSA) is 50.8 Å². The molecule has 2 heterocycles. The first kappa shape index (κ1) is 13.1. The highest BCUT2D eigenvalue weighted by molar-refractivity contribution is 5.99. The number of likely N-dealkylation sites (N-methyl/N-ethyl adjacent to an activating group) is 1. The fourth-order valence-corrected chi connectivity index (χ4v) is 2.48. The van der Waals surface area contributed by atoms with Crippen LogP contribution in [0, 0.1) is 0 Å². The molecule has 1 atom stereocenters. The Bertz CT molecular complexity index is 550. The minimum absolute atomic E-state index is 0.0198. The lowest BCUT2D eigenvalue weighted by Gasteiger charge is -2.17. The molecule has 5 nitrogen and oxygen atoms in total. The predicted octanol–water partition coefficient (Wildman–Crippen LogP) is 1.72. The summed E-state index contributed by atoms with van der Waals surface area (Å²) in [6.45, 7) is 3.18. The van der Waals surface area contributed by atoms with E-state index in [1.807, 2.05) is 6.92 Å². The minimum Gasteiger partial charge on any atom is -0.395 e. The van der Waals surface area contributed by atoms with Gasteiger partial charge in [0, 0.05) is 18.3 Å². The van der Waals surface area contributed by atoms with Crippen LogP contribution in [0.2, 0.25) is 0 Å². The van der Waals surface area contributed by atoms with E-state index in [9.17, 15) is 13.6 Å². The van der Waals surface area contributed by atoms with Crippen LogP contribution in [-0.4, -0.2) is 31.3 Å². The van der Waals surface area contributed by atoms with Gasteiger partial charge in [-0.1, -0.05) is 6.92 Å². The van der Waals surface area contributed by atoms with E-state index in [1.54, 1.807) is 11.0 Å². The van der Waals surface area contributed by atoms with Crippen molar-refractivity contribution in [2.75, 3.05) is 18.0 Å². The Morgan fingerprint density at radius 3 is 2.90 bits per heavy atom. The highest BCUT2D eigenvalue weighted by Gasteiger charge is 2.44. The van der Waals surface area contributed by atoms with Crippen LogP contribution in [0.3, 0.4) is 0 Å². The van der Waals surface area contributed by atoms with Crippen LogP contribution in [0.25, 0.3) is 0 Å². The number of ether oxygens (including phenoxy) is 2. The first-order valence-electron chi connectivity index (χ1n) is 6.45. The summed E-state index contributed by atoms with van der Waals surface area (Å²) in [6.07, 6.45) is -2.94. The summed E-state index contributed by atoms with van der Waals surface area (Å²) in [5.74, 6) is -0.127. The van der Waals surface area contributed by atoms with Crippen molar-refractivity contribution in [3.05, 3.63) is 18.2 Å². The molecule has 1 aromatic carbocycles. The van der Waals surface area contributed by atoms with Crippen LogP contribution in [0.4, 0.5) is 14.5 Å². The molecule has 0 bridgehead atoms. The SMILES string of the molecule is CCNC1CCN(c2ccc3c(c2)OC(F)(F)O3)C1=O. The van der Waals surface area contributed by atoms with E-state index in [0.29, 0.717) is 25.2 Å². The first-order chi connectivity index (χ1) is 9.50. The molecule has 1 N–H and O–H groups in total. The minimum atomic E-state index is -3.64. The molecule has 1 amide bonds. The van der Waals surface area contributed by atoms with Crippen LogP contribution >= 0.6 is 0 Å². The number of halogens is 2. The average molecular weight is 284 g/mol. The maximum Gasteiger partial charge on any atom is 0.586 e. The van der Waals surface area contributed by atoms with Gasteiger partial charge in [0.1, 0.15) is 0 Å². The third-order valence-electron chi connectivity index (χ3n) is 3.35. The number of benzene rings is 1. The zero-order valence-corrected chi connectivity index (χ0v) is 10.9. The van der Waals surface area contributed by atoms with E-state index in [4.69, 9.17) is 0 Å². The maximum absolute atomic E-state index is 13.0. The molecule has 0 saturated carbocycles. The van der Waals surface area contributed by atoms with Gasteiger partial charge in [0.25, 0.3) is 0 Å². The number of hydrogen-bond donors (Lipinski definition) is 1. The second-order valence-electron chi connectivity index (χ2n) is 4.69. The van der Waals surface area contributed by atoms with Gasteiger partial charge in [0.15, 0.2) is 11.5 Å². The van der Waals surface area contributed by atoms with E-state index in [0.717, 1.165) is 0 Å². The molecule has 1 aromatic rings. The molecule has 0 aromatic heterocycles. The fourth-order valence-electron chi connectivity index (χ4n) is 2.48. The molecule has 7 heteroatoms. The number of carbonyl (C=O) groups excluding carboxylic acids is 1. The van der Waals surface area contributed by atoms with Crippen molar-refractivity contribution in [3.63, 3.8) is 0 Å². The number of carbonyl (C=O) groups is 1. The largest absolute Gasteiger partial charge is 0.586 e.